The van der Waals surface area contributed by atoms with Crippen molar-refractivity contribution in [1.29, 1.82) is 0 Å². The number of hydrogen-bond donors (Lipinski definition) is 2. The number of hydrogen-bond acceptors (Lipinski definition) is 3. The zero-order chi connectivity index (χ0) is 19.4. The number of fused-ring (bicyclic) bond motifs is 2. The minimum atomic E-state index is -0.472. The van der Waals surface area contributed by atoms with Crippen LogP contribution in [0, 0.1) is 12.7 Å². The SMILES string of the molecule is Cc1nn(-c2nc3ccccc3[nH]2)c2c1[C@@H](c1cc(Cl)ccc1F)CC(=O)N2. The van der Waals surface area contributed by atoms with Gasteiger partial charge in [0.2, 0.25) is 11.9 Å². The lowest BCUT2D eigenvalue weighted by Gasteiger charge is -2.24. The zero-order valence-corrected chi connectivity index (χ0v) is 15.6. The topological polar surface area (TPSA) is 75.6 Å². The molecule has 0 bridgehead atoms. The van der Waals surface area contributed by atoms with E-state index in [2.05, 4.69) is 20.4 Å². The van der Waals surface area contributed by atoms with Crippen molar-refractivity contribution in [1.82, 2.24) is 19.7 Å². The number of halogens is 2. The molecule has 2 aromatic carbocycles. The van der Waals surface area contributed by atoms with E-state index in [9.17, 15) is 9.18 Å². The molecular weight excluding hydrogens is 381 g/mol. The Morgan fingerprint density at radius 1 is 1.25 bits per heavy atom. The third kappa shape index (κ3) is 2.58. The van der Waals surface area contributed by atoms with Crippen LogP contribution in [-0.4, -0.2) is 25.7 Å². The Morgan fingerprint density at radius 2 is 2.07 bits per heavy atom. The first-order valence-corrected chi connectivity index (χ1v) is 9.18. The predicted molar refractivity (Wildman–Crippen MR) is 104 cm³/mol. The van der Waals surface area contributed by atoms with Crippen LogP contribution >= 0.6 is 11.6 Å². The summed E-state index contributed by atoms with van der Waals surface area (Å²) in [4.78, 5) is 20.2. The number of para-hydroxylation sites is 2. The molecule has 0 spiro atoms. The molecule has 1 aliphatic rings. The van der Waals surface area contributed by atoms with Crippen LogP contribution in [0.1, 0.15) is 29.2 Å². The first-order chi connectivity index (χ1) is 13.5. The van der Waals surface area contributed by atoms with Crippen molar-refractivity contribution in [2.75, 3.05) is 5.32 Å². The standard InChI is InChI=1S/C20H15ClFN5O/c1-10-18-13(12-8-11(21)6-7-14(12)22)9-17(28)25-19(18)27(26-10)20-23-15-4-2-3-5-16(15)24-20/h2-8,13H,9H2,1H3,(H,23,24)(H,25,28)/t13-/m1/s1. The van der Waals surface area contributed by atoms with Crippen LogP contribution in [0.15, 0.2) is 42.5 Å². The van der Waals surface area contributed by atoms with Gasteiger partial charge in [-0.05, 0) is 42.8 Å². The van der Waals surface area contributed by atoms with Crippen LogP contribution in [-0.2, 0) is 4.79 Å². The van der Waals surface area contributed by atoms with E-state index in [0.717, 1.165) is 16.6 Å². The van der Waals surface area contributed by atoms with Gasteiger partial charge in [-0.25, -0.2) is 9.37 Å². The van der Waals surface area contributed by atoms with Gasteiger partial charge >= 0.3 is 0 Å². The Bertz CT molecular complexity index is 1210. The Labute approximate surface area is 164 Å². The van der Waals surface area contributed by atoms with E-state index < -0.39 is 11.7 Å². The summed E-state index contributed by atoms with van der Waals surface area (Å²) in [6.07, 6.45) is 0.122. The van der Waals surface area contributed by atoms with Crippen LogP contribution < -0.4 is 5.32 Å². The summed E-state index contributed by atoms with van der Waals surface area (Å²) < 4.78 is 16.1. The highest BCUT2D eigenvalue weighted by Crippen LogP contribution is 2.41. The second-order valence-electron chi connectivity index (χ2n) is 6.81. The summed E-state index contributed by atoms with van der Waals surface area (Å²) in [5.41, 5.74) is 3.50. The highest BCUT2D eigenvalue weighted by Gasteiger charge is 2.34. The molecule has 5 rings (SSSR count). The van der Waals surface area contributed by atoms with E-state index in [1.54, 1.807) is 10.7 Å². The molecule has 2 aromatic heterocycles. The molecule has 0 unspecified atom stereocenters. The summed E-state index contributed by atoms with van der Waals surface area (Å²) in [6.45, 7) is 1.84. The number of rotatable bonds is 2. The monoisotopic (exact) mass is 395 g/mol. The van der Waals surface area contributed by atoms with Gasteiger partial charge in [-0.1, -0.05) is 23.7 Å². The van der Waals surface area contributed by atoms with Crippen LogP contribution in [0.3, 0.4) is 0 Å². The molecule has 6 nitrogen and oxygen atoms in total. The van der Waals surface area contributed by atoms with Crippen molar-refractivity contribution in [3.05, 3.63) is 70.1 Å². The molecule has 8 heteroatoms. The molecule has 0 saturated carbocycles. The lowest BCUT2D eigenvalue weighted by atomic mass is 9.85. The maximum Gasteiger partial charge on any atom is 0.231 e. The summed E-state index contributed by atoms with van der Waals surface area (Å²) >= 11 is 6.08. The van der Waals surface area contributed by atoms with E-state index in [-0.39, 0.29) is 12.3 Å². The number of amides is 1. The van der Waals surface area contributed by atoms with Gasteiger partial charge in [-0.15, -0.1) is 0 Å². The number of aromatic amines is 1. The van der Waals surface area contributed by atoms with Crippen molar-refractivity contribution in [2.24, 2.45) is 0 Å². The number of nitrogens with zero attached hydrogens (tertiary/aromatic N) is 3. The number of imidazole rings is 1. The summed E-state index contributed by atoms with van der Waals surface area (Å²) in [5, 5.41) is 7.87. The number of carbonyl (C=O) groups excluding carboxylic acids is 1. The highest BCUT2D eigenvalue weighted by molar-refractivity contribution is 6.30. The minimum absolute atomic E-state index is 0.122. The normalized spacial score (nSPS) is 16.2. The molecule has 1 atom stereocenters. The average molecular weight is 396 g/mol. The van der Waals surface area contributed by atoms with Crippen molar-refractivity contribution < 1.29 is 9.18 Å². The molecule has 0 radical (unpaired) electrons. The average Bonchev–Trinajstić information content (AvgIpc) is 3.24. The van der Waals surface area contributed by atoms with E-state index in [4.69, 9.17) is 11.6 Å². The first-order valence-electron chi connectivity index (χ1n) is 8.80. The van der Waals surface area contributed by atoms with Crippen LogP contribution in [0.4, 0.5) is 10.2 Å². The molecule has 0 fully saturated rings. The predicted octanol–water partition coefficient (Wildman–Crippen LogP) is 4.32. The molecule has 3 heterocycles. The van der Waals surface area contributed by atoms with Gasteiger partial charge in [-0.2, -0.15) is 9.78 Å². The molecular formula is C20H15ClFN5O. The van der Waals surface area contributed by atoms with Gasteiger partial charge in [0, 0.05) is 22.9 Å². The fraction of sp³-hybridized carbons (Fsp3) is 0.150. The van der Waals surface area contributed by atoms with Crippen molar-refractivity contribution in [3.63, 3.8) is 0 Å². The molecule has 1 aliphatic heterocycles. The van der Waals surface area contributed by atoms with Crippen molar-refractivity contribution in [3.8, 4) is 5.95 Å². The van der Waals surface area contributed by atoms with E-state index >= 15 is 0 Å². The van der Waals surface area contributed by atoms with Crippen molar-refractivity contribution in [2.45, 2.75) is 19.3 Å². The molecule has 4 aromatic rings. The number of H-pyrrole nitrogens is 1. The van der Waals surface area contributed by atoms with E-state index in [1.807, 2.05) is 31.2 Å². The number of aromatic nitrogens is 4. The number of anilines is 1. The van der Waals surface area contributed by atoms with Gasteiger partial charge in [-0.3, -0.25) is 4.79 Å². The van der Waals surface area contributed by atoms with E-state index in [0.29, 0.717) is 28.0 Å². The van der Waals surface area contributed by atoms with Crippen molar-refractivity contribution >= 4 is 34.4 Å². The number of aryl methyl sites for hydroxylation is 1. The first kappa shape index (κ1) is 16.9. The highest BCUT2D eigenvalue weighted by atomic mass is 35.5. The second-order valence-corrected chi connectivity index (χ2v) is 7.24. The molecule has 140 valence electrons. The Hall–Kier alpha value is -3.19. The maximum absolute atomic E-state index is 14.5. The number of carbonyl (C=O) groups is 1. The van der Waals surface area contributed by atoms with Gasteiger partial charge in [0.1, 0.15) is 11.6 Å². The Balaban J connectivity index is 1.70. The molecule has 0 aliphatic carbocycles. The van der Waals surface area contributed by atoms with Crippen LogP contribution in [0.25, 0.3) is 17.0 Å². The van der Waals surface area contributed by atoms with Gasteiger partial charge in [0.15, 0.2) is 0 Å². The molecule has 1 amide bonds. The molecule has 0 saturated heterocycles. The number of benzene rings is 2. The zero-order valence-electron chi connectivity index (χ0n) is 14.8. The van der Waals surface area contributed by atoms with Gasteiger partial charge in [0.05, 0.1) is 16.7 Å². The van der Waals surface area contributed by atoms with Gasteiger partial charge < -0.3 is 10.3 Å². The smallest absolute Gasteiger partial charge is 0.231 e. The number of nitrogens with one attached hydrogen (secondary N) is 2. The van der Waals surface area contributed by atoms with Crippen LogP contribution in [0.5, 0.6) is 0 Å². The second kappa shape index (κ2) is 6.17. The third-order valence-corrected chi connectivity index (χ3v) is 5.25. The van der Waals surface area contributed by atoms with Crippen LogP contribution in [0.2, 0.25) is 5.02 Å². The summed E-state index contributed by atoms with van der Waals surface area (Å²) in [5.74, 6) is -0.101. The minimum Gasteiger partial charge on any atom is -0.322 e. The Kier molecular flexibility index (Phi) is 3.73. The Morgan fingerprint density at radius 3 is 2.89 bits per heavy atom. The summed E-state index contributed by atoms with van der Waals surface area (Å²) in [7, 11) is 0. The summed E-state index contributed by atoms with van der Waals surface area (Å²) in [6, 6.07) is 12.0. The lowest BCUT2D eigenvalue weighted by Crippen LogP contribution is -2.25. The quantitative estimate of drug-likeness (QED) is 0.530. The fourth-order valence-corrected chi connectivity index (χ4v) is 3.97. The maximum atomic E-state index is 14.5. The lowest BCUT2D eigenvalue weighted by molar-refractivity contribution is -0.116. The largest absolute Gasteiger partial charge is 0.322 e. The molecule has 2 N–H and O–H groups in total. The third-order valence-electron chi connectivity index (χ3n) is 5.01. The fourth-order valence-electron chi connectivity index (χ4n) is 3.79. The van der Waals surface area contributed by atoms with Gasteiger partial charge in [0.25, 0.3) is 0 Å². The van der Waals surface area contributed by atoms with E-state index in [1.165, 1.54) is 12.1 Å². The molecule has 28 heavy (non-hydrogen) atoms.